The maximum Gasteiger partial charge on any atom is 0.164 e. The van der Waals surface area contributed by atoms with Crippen molar-refractivity contribution < 1.29 is 9.18 Å². The molecule has 1 aromatic rings. The molecule has 0 aliphatic rings. The molecule has 0 spiro atoms. The molecule has 0 atom stereocenters. The maximum absolute atomic E-state index is 13.3. The van der Waals surface area contributed by atoms with E-state index in [4.69, 9.17) is 5.73 Å². The quantitative estimate of drug-likeness (QED) is 0.764. The lowest BCUT2D eigenvalue weighted by molar-refractivity contribution is 0.0985. The zero-order chi connectivity index (χ0) is 11.4. The molecule has 0 aliphatic heterocycles. The summed E-state index contributed by atoms with van der Waals surface area (Å²) in [5, 5.41) is 0. The molecular weight excluding hydrogens is 195 g/mol. The van der Waals surface area contributed by atoms with Crippen molar-refractivity contribution >= 4 is 11.5 Å². The molecule has 82 valence electrons. The van der Waals surface area contributed by atoms with E-state index in [1.54, 1.807) is 25.1 Å². The van der Waals surface area contributed by atoms with Crippen LogP contribution in [-0.4, -0.2) is 26.4 Å². The number of carbonyl (C=O) groups excluding carboxylic acids is 1. The Kier molecular flexibility index (Phi) is 3.80. The van der Waals surface area contributed by atoms with E-state index in [2.05, 4.69) is 0 Å². The van der Waals surface area contributed by atoms with Crippen molar-refractivity contribution in [2.75, 3.05) is 25.5 Å². The van der Waals surface area contributed by atoms with Crippen LogP contribution in [0.2, 0.25) is 0 Å². The Morgan fingerprint density at radius 1 is 1.47 bits per heavy atom. The normalized spacial score (nSPS) is 10.1. The number of ketones is 1. The molecule has 0 aromatic heterocycles. The average molecular weight is 210 g/mol. The zero-order valence-corrected chi connectivity index (χ0v) is 8.96. The highest BCUT2D eigenvalue weighted by molar-refractivity contribution is 5.97. The molecule has 0 unspecified atom stereocenters. The fraction of sp³-hybridized carbons (Fsp3) is 0.364. The monoisotopic (exact) mass is 210 g/mol. The van der Waals surface area contributed by atoms with Crippen LogP contribution in [0.1, 0.15) is 16.8 Å². The molecule has 1 aromatic carbocycles. The van der Waals surface area contributed by atoms with Gasteiger partial charge in [-0.3, -0.25) is 4.79 Å². The number of hydrogen-bond donors (Lipinski definition) is 1. The molecule has 1 rings (SSSR count). The Labute approximate surface area is 88.7 Å². The summed E-state index contributed by atoms with van der Waals surface area (Å²) in [6.45, 7) is 0.313. The van der Waals surface area contributed by atoms with Gasteiger partial charge in [0.05, 0.1) is 5.69 Å². The second-order valence-corrected chi connectivity index (χ2v) is 3.52. The number of rotatable bonds is 4. The second kappa shape index (κ2) is 4.89. The molecule has 0 fully saturated rings. The van der Waals surface area contributed by atoms with Crippen LogP contribution >= 0.6 is 0 Å². The Bertz CT molecular complexity index is 364. The third-order valence-corrected chi connectivity index (χ3v) is 2.12. The number of Topliss-reactive ketones (excluding diaryl/α,β-unsaturated/α-hetero) is 1. The first kappa shape index (κ1) is 11.7. The molecular formula is C11H15FN2O. The van der Waals surface area contributed by atoms with Crippen molar-refractivity contribution in [2.24, 2.45) is 5.73 Å². The fourth-order valence-corrected chi connectivity index (χ4v) is 1.30. The lowest BCUT2D eigenvalue weighted by atomic mass is 10.1. The van der Waals surface area contributed by atoms with Gasteiger partial charge in [-0.15, -0.1) is 0 Å². The topological polar surface area (TPSA) is 46.3 Å². The van der Waals surface area contributed by atoms with Crippen molar-refractivity contribution in [2.45, 2.75) is 6.42 Å². The zero-order valence-electron chi connectivity index (χ0n) is 8.96. The highest BCUT2D eigenvalue weighted by atomic mass is 19.1. The van der Waals surface area contributed by atoms with E-state index in [0.717, 1.165) is 0 Å². The number of halogens is 1. The van der Waals surface area contributed by atoms with Crippen molar-refractivity contribution in [3.8, 4) is 0 Å². The third-order valence-electron chi connectivity index (χ3n) is 2.12. The van der Waals surface area contributed by atoms with Gasteiger partial charge in [0, 0.05) is 26.1 Å². The maximum atomic E-state index is 13.3. The summed E-state index contributed by atoms with van der Waals surface area (Å²) in [7, 11) is 3.46. The van der Waals surface area contributed by atoms with Gasteiger partial charge in [0.25, 0.3) is 0 Å². The summed E-state index contributed by atoms with van der Waals surface area (Å²) in [6.07, 6.45) is 0.290. The van der Waals surface area contributed by atoms with E-state index in [0.29, 0.717) is 24.2 Å². The minimum atomic E-state index is -0.329. The number of nitrogens with two attached hydrogens (primary N) is 1. The van der Waals surface area contributed by atoms with Crippen LogP contribution in [0.15, 0.2) is 18.2 Å². The second-order valence-electron chi connectivity index (χ2n) is 3.52. The summed E-state index contributed by atoms with van der Waals surface area (Å²) < 4.78 is 13.3. The number of anilines is 1. The summed E-state index contributed by atoms with van der Waals surface area (Å²) in [5.74, 6) is -0.384. The first-order valence-corrected chi connectivity index (χ1v) is 4.76. The lowest BCUT2D eigenvalue weighted by Crippen LogP contribution is -2.13. The summed E-state index contributed by atoms with van der Waals surface area (Å²) in [4.78, 5) is 13.1. The van der Waals surface area contributed by atoms with Crippen LogP contribution in [0.5, 0.6) is 0 Å². The van der Waals surface area contributed by atoms with Gasteiger partial charge >= 0.3 is 0 Å². The minimum absolute atomic E-state index is 0.0550. The van der Waals surface area contributed by atoms with Gasteiger partial charge in [0.15, 0.2) is 5.78 Å². The molecule has 15 heavy (non-hydrogen) atoms. The molecule has 0 radical (unpaired) electrons. The molecule has 2 N–H and O–H groups in total. The van der Waals surface area contributed by atoms with Gasteiger partial charge in [-0.25, -0.2) is 4.39 Å². The highest BCUT2D eigenvalue weighted by Crippen LogP contribution is 2.19. The summed E-state index contributed by atoms with van der Waals surface area (Å²) in [6, 6.07) is 4.34. The molecule has 0 heterocycles. The Morgan fingerprint density at radius 3 is 2.67 bits per heavy atom. The Balaban J connectivity index is 3.02. The smallest absolute Gasteiger partial charge is 0.164 e. The van der Waals surface area contributed by atoms with Crippen molar-refractivity contribution in [3.05, 3.63) is 29.6 Å². The van der Waals surface area contributed by atoms with Crippen LogP contribution in [0.3, 0.4) is 0 Å². The van der Waals surface area contributed by atoms with E-state index in [1.165, 1.54) is 12.1 Å². The largest absolute Gasteiger partial charge is 0.375 e. The van der Waals surface area contributed by atoms with Crippen LogP contribution < -0.4 is 10.6 Å². The predicted molar refractivity (Wildman–Crippen MR) is 58.7 cm³/mol. The van der Waals surface area contributed by atoms with Gasteiger partial charge in [-0.2, -0.15) is 0 Å². The van der Waals surface area contributed by atoms with Crippen LogP contribution in [-0.2, 0) is 0 Å². The fourth-order valence-electron chi connectivity index (χ4n) is 1.30. The number of benzene rings is 1. The summed E-state index contributed by atoms with van der Waals surface area (Å²) in [5.41, 5.74) is 6.21. The van der Waals surface area contributed by atoms with E-state index in [9.17, 15) is 9.18 Å². The predicted octanol–water partition coefficient (Wildman–Crippen LogP) is 1.42. The molecule has 0 saturated carbocycles. The summed E-state index contributed by atoms with van der Waals surface area (Å²) >= 11 is 0. The lowest BCUT2D eigenvalue weighted by Gasteiger charge is -2.14. The highest BCUT2D eigenvalue weighted by Gasteiger charge is 2.10. The Morgan fingerprint density at radius 2 is 2.13 bits per heavy atom. The number of nitrogens with zero attached hydrogens (tertiary/aromatic N) is 1. The van der Waals surface area contributed by atoms with E-state index >= 15 is 0 Å². The Hall–Kier alpha value is -1.42. The number of carbonyl (C=O) groups is 1. The van der Waals surface area contributed by atoms with Crippen molar-refractivity contribution in [1.29, 1.82) is 0 Å². The van der Waals surface area contributed by atoms with Crippen molar-refractivity contribution in [3.63, 3.8) is 0 Å². The number of hydrogen-bond acceptors (Lipinski definition) is 3. The van der Waals surface area contributed by atoms with Crippen LogP contribution in [0.4, 0.5) is 10.1 Å². The third kappa shape index (κ3) is 2.76. The van der Waals surface area contributed by atoms with E-state index < -0.39 is 0 Å². The van der Waals surface area contributed by atoms with Crippen molar-refractivity contribution in [1.82, 2.24) is 0 Å². The van der Waals surface area contributed by atoms with Crippen LogP contribution in [0.25, 0.3) is 0 Å². The molecule has 0 amide bonds. The van der Waals surface area contributed by atoms with Gasteiger partial charge in [0.2, 0.25) is 0 Å². The molecule has 0 saturated heterocycles. The van der Waals surface area contributed by atoms with E-state index in [-0.39, 0.29) is 11.6 Å². The van der Waals surface area contributed by atoms with Gasteiger partial charge < -0.3 is 10.6 Å². The molecule has 0 bridgehead atoms. The standard InChI is InChI=1S/C11H15FN2O/c1-14(2)10-7-8(3-4-9(10)12)11(15)5-6-13/h3-4,7H,5-6,13H2,1-2H3. The van der Waals surface area contributed by atoms with Crippen LogP contribution in [0, 0.1) is 5.82 Å². The first-order valence-electron chi connectivity index (χ1n) is 4.76. The average Bonchev–Trinajstić information content (AvgIpc) is 2.18. The minimum Gasteiger partial charge on any atom is -0.375 e. The molecule has 4 heteroatoms. The van der Waals surface area contributed by atoms with Gasteiger partial charge in [-0.05, 0) is 24.7 Å². The molecule has 0 aliphatic carbocycles. The first-order chi connectivity index (χ1) is 7.06. The molecule has 3 nitrogen and oxygen atoms in total. The van der Waals surface area contributed by atoms with E-state index in [1.807, 2.05) is 0 Å². The SMILES string of the molecule is CN(C)c1cc(C(=O)CCN)ccc1F. The van der Waals surface area contributed by atoms with Gasteiger partial charge in [0.1, 0.15) is 5.82 Å². The van der Waals surface area contributed by atoms with Gasteiger partial charge in [-0.1, -0.05) is 0 Å².